The van der Waals surface area contributed by atoms with Crippen molar-refractivity contribution in [3.05, 3.63) is 83.7 Å². The van der Waals surface area contributed by atoms with Gasteiger partial charge in [0.2, 0.25) is 17.7 Å². The van der Waals surface area contributed by atoms with Gasteiger partial charge in [-0.15, -0.1) is 0 Å². The van der Waals surface area contributed by atoms with Gasteiger partial charge in [0.1, 0.15) is 5.75 Å². The van der Waals surface area contributed by atoms with E-state index in [9.17, 15) is 14.4 Å². The number of amides is 3. The zero-order chi connectivity index (χ0) is 31.6. The zero-order valence-electron chi connectivity index (χ0n) is 25.8. The third-order valence-corrected chi connectivity index (χ3v) is 8.04. The summed E-state index contributed by atoms with van der Waals surface area (Å²) in [6.07, 6.45) is 4.57. The number of rotatable bonds is 7. The monoisotopic (exact) mass is 616 g/mol. The molecule has 4 bridgehead atoms. The lowest BCUT2D eigenvalue weighted by molar-refractivity contribution is -0.137. The fourth-order valence-electron chi connectivity index (χ4n) is 5.56. The van der Waals surface area contributed by atoms with Crippen molar-refractivity contribution in [2.24, 2.45) is 0 Å². The van der Waals surface area contributed by atoms with Gasteiger partial charge in [0.25, 0.3) is 0 Å². The first-order chi connectivity index (χ1) is 21.9. The van der Waals surface area contributed by atoms with Gasteiger partial charge in [-0.25, -0.2) is 0 Å². The summed E-state index contributed by atoms with van der Waals surface area (Å²) >= 11 is 0. The van der Waals surface area contributed by atoms with Crippen LogP contribution in [0.25, 0.3) is 0 Å². The van der Waals surface area contributed by atoms with Crippen LogP contribution in [0.1, 0.15) is 29.5 Å². The maximum atomic E-state index is 13.3. The summed E-state index contributed by atoms with van der Waals surface area (Å²) in [5.41, 5.74) is 2.82. The molecule has 0 saturated carbocycles. The number of ether oxygens (including phenoxy) is 4. The van der Waals surface area contributed by atoms with Crippen molar-refractivity contribution in [3.8, 4) is 17.2 Å². The maximum absolute atomic E-state index is 13.3. The molecule has 238 valence electrons. The Hall–Kier alpha value is -4.48. The predicted molar refractivity (Wildman–Crippen MR) is 166 cm³/mol. The molecule has 3 amide bonds. The summed E-state index contributed by atoms with van der Waals surface area (Å²) < 4.78 is 23.3. The molecule has 45 heavy (non-hydrogen) atoms. The van der Waals surface area contributed by atoms with Crippen molar-refractivity contribution in [3.63, 3.8) is 0 Å². The summed E-state index contributed by atoms with van der Waals surface area (Å²) in [6.45, 7) is 1.36. The highest BCUT2D eigenvalue weighted by molar-refractivity contribution is 5.85. The fraction of sp³-hybridized carbons (Fsp3) is 0.412. The number of hydrogen-bond donors (Lipinski definition) is 1. The van der Waals surface area contributed by atoms with Crippen LogP contribution in [0.5, 0.6) is 17.2 Å². The van der Waals surface area contributed by atoms with E-state index in [0.29, 0.717) is 56.2 Å². The number of aryl methyl sites for hydroxylation is 2. The van der Waals surface area contributed by atoms with Gasteiger partial charge >= 0.3 is 0 Å². The van der Waals surface area contributed by atoms with Crippen molar-refractivity contribution in [2.45, 2.75) is 44.4 Å². The lowest BCUT2D eigenvalue weighted by atomic mass is 10.1. The van der Waals surface area contributed by atoms with E-state index in [-0.39, 0.29) is 43.8 Å². The molecule has 2 aliphatic heterocycles. The van der Waals surface area contributed by atoms with Crippen molar-refractivity contribution in [1.82, 2.24) is 20.1 Å². The van der Waals surface area contributed by atoms with Crippen molar-refractivity contribution >= 4 is 17.7 Å². The van der Waals surface area contributed by atoms with Crippen LogP contribution in [0, 0.1) is 0 Å². The van der Waals surface area contributed by atoms with Crippen LogP contribution in [-0.2, 0) is 43.3 Å². The van der Waals surface area contributed by atoms with Crippen LogP contribution >= 0.6 is 0 Å². The Morgan fingerprint density at radius 3 is 2.67 bits per heavy atom. The average Bonchev–Trinajstić information content (AvgIpc) is 3.46. The number of hydrogen-bond acceptors (Lipinski definition) is 8. The highest BCUT2D eigenvalue weighted by atomic mass is 16.5. The molecule has 1 aromatic heterocycles. The molecule has 1 fully saturated rings. The van der Waals surface area contributed by atoms with Gasteiger partial charge in [-0.1, -0.05) is 18.2 Å². The first kappa shape index (κ1) is 31.9. The van der Waals surface area contributed by atoms with E-state index in [1.165, 1.54) is 4.90 Å². The minimum absolute atomic E-state index is 0.0152. The number of carbonyl (C=O) groups excluding carboxylic acids is 3. The number of nitrogens with one attached hydrogen (secondary N) is 1. The topological polar surface area (TPSA) is 120 Å². The first-order valence-electron chi connectivity index (χ1n) is 15.2. The average molecular weight is 617 g/mol. The van der Waals surface area contributed by atoms with Gasteiger partial charge in [-0.2, -0.15) is 0 Å². The molecule has 2 aromatic carbocycles. The second kappa shape index (κ2) is 15.5. The molecule has 0 spiro atoms. The smallest absolute Gasteiger partial charge is 0.239 e. The van der Waals surface area contributed by atoms with Gasteiger partial charge in [0.15, 0.2) is 11.5 Å². The summed E-state index contributed by atoms with van der Waals surface area (Å²) in [4.78, 5) is 47.2. The quantitative estimate of drug-likeness (QED) is 0.430. The Kier molecular flexibility index (Phi) is 11.0. The van der Waals surface area contributed by atoms with Crippen molar-refractivity contribution < 1.29 is 33.3 Å². The molecule has 0 aliphatic carbocycles. The SMILES string of the molecule is COCCN1CC(=O)N[C@H]2CN(C(=O)CCc3ccncc3)C[C@@H]2OCc2cccc(c2)Oc2cc(ccc2OC)CCC1=O. The third-order valence-electron chi connectivity index (χ3n) is 8.04. The minimum atomic E-state index is -0.442. The summed E-state index contributed by atoms with van der Waals surface area (Å²) in [7, 11) is 3.14. The Bertz CT molecular complexity index is 1470. The molecular weight excluding hydrogens is 576 g/mol. The fourth-order valence-corrected chi connectivity index (χ4v) is 5.56. The van der Waals surface area contributed by atoms with E-state index in [0.717, 1.165) is 16.7 Å². The summed E-state index contributed by atoms with van der Waals surface area (Å²) in [6, 6.07) is 16.5. The van der Waals surface area contributed by atoms with E-state index in [4.69, 9.17) is 18.9 Å². The van der Waals surface area contributed by atoms with Crippen LogP contribution in [-0.4, -0.2) is 91.7 Å². The molecule has 1 saturated heterocycles. The van der Waals surface area contributed by atoms with Crippen molar-refractivity contribution in [2.75, 3.05) is 47.0 Å². The van der Waals surface area contributed by atoms with Crippen molar-refractivity contribution in [1.29, 1.82) is 0 Å². The normalized spacial score (nSPS) is 19.2. The number of carbonyl (C=O) groups is 3. The molecule has 2 atom stereocenters. The molecule has 0 radical (unpaired) electrons. The van der Waals surface area contributed by atoms with E-state index < -0.39 is 12.1 Å². The Balaban J connectivity index is 1.37. The maximum Gasteiger partial charge on any atom is 0.239 e. The zero-order valence-corrected chi connectivity index (χ0v) is 25.8. The second-order valence-electron chi connectivity index (χ2n) is 11.2. The highest BCUT2D eigenvalue weighted by Crippen LogP contribution is 2.33. The predicted octanol–water partition coefficient (Wildman–Crippen LogP) is 3.15. The van der Waals surface area contributed by atoms with Crippen LogP contribution in [0.15, 0.2) is 67.0 Å². The molecule has 11 heteroatoms. The van der Waals surface area contributed by atoms with E-state index in [1.807, 2.05) is 54.6 Å². The largest absolute Gasteiger partial charge is 0.493 e. The van der Waals surface area contributed by atoms with E-state index in [1.54, 1.807) is 31.5 Å². The lowest BCUT2D eigenvalue weighted by Crippen LogP contribution is -2.49. The Labute approximate surface area is 263 Å². The van der Waals surface area contributed by atoms with Gasteiger partial charge in [-0.05, 0) is 65.9 Å². The molecule has 11 nitrogen and oxygen atoms in total. The Morgan fingerprint density at radius 2 is 1.87 bits per heavy atom. The number of benzene rings is 2. The first-order valence-corrected chi connectivity index (χ1v) is 15.2. The van der Waals surface area contributed by atoms with E-state index in [2.05, 4.69) is 10.3 Å². The van der Waals surface area contributed by atoms with Gasteiger partial charge < -0.3 is 34.1 Å². The van der Waals surface area contributed by atoms with Crippen LogP contribution < -0.4 is 14.8 Å². The van der Waals surface area contributed by atoms with Gasteiger partial charge in [0, 0.05) is 52.0 Å². The van der Waals surface area contributed by atoms with E-state index >= 15 is 0 Å². The van der Waals surface area contributed by atoms with Crippen LogP contribution in [0.3, 0.4) is 0 Å². The highest BCUT2D eigenvalue weighted by Gasteiger charge is 2.37. The lowest BCUT2D eigenvalue weighted by Gasteiger charge is -2.25. The number of nitrogens with zero attached hydrogens (tertiary/aromatic N) is 3. The summed E-state index contributed by atoms with van der Waals surface area (Å²) in [5, 5.41) is 3.05. The number of likely N-dealkylation sites (tertiary alicyclic amines) is 1. The molecule has 2 aliphatic rings. The minimum Gasteiger partial charge on any atom is -0.493 e. The molecule has 3 aromatic rings. The molecule has 0 unspecified atom stereocenters. The standard InChI is InChI=1S/C34H40N4O7/c1-42-17-16-37-22-32(39)36-28-20-38(34(41)10-7-24-12-14-35-15-13-24)21-31(28)44-23-26-4-3-5-27(18-26)45-30-19-25(8-11-33(37)40)6-9-29(30)43-2/h3-6,9,12-15,18-19,28,31H,7-8,10-11,16-17,20-23H2,1-2H3,(H,36,39)/t28-,31-/m0/s1. The van der Waals surface area contributed by atoms with Crippen LogP contribution in [0.2, 0.25) is 0 Å². The number of fused-ring (bicyclic) bond motifs is 5. The van der Waals surface area contributed by atoms with Crippen LogP contribution in [0.4, 0.5) is 0 Å². The molecule has 1 N–H and O–H groups in total. The Morgan fingerprint density at radius 1 is 1.02 bits per heavy atom. The second-order valence-corrected chi connectivity index (χ2v) is 11.2. The van der Waals surface area contributed by atoms with Gasteiger partial charge in [-0.3, -0.25) is 19.4 Å². The number of aromatic nitrogens is 1. The molecule has 3 heterocycles. The van der Waals surface area contributed by atoms with Gasteiger partial charge in [0.05, 0.1) is 39.0 Å². The number of methoxy groups -OCH3 is 2. The number of pyridine rings is 1. The molecule has 5 rings (SSSR count). The third kappa shape index (κ3) is 8.80. The molecular formula is C34H40N4O7. The summed E-state index contributed by atoms with van der Waals surface area (Å²) in [5.74, 6) is 1.22.